The van der Waals surface area contributed by atoms with E-state index in [0.717, 1.165) is 27.3 Å². The Labute approximate surface area is 176 Å². The molecular weight excluding hydrogens is 378 g/mol. The Morgan fingerprint density at radius 2 is 1.86 bits per heavy atom. The van der Waals surface area contributed by atoms with Crippen LogP contribution in [0.1, 0.15) is 39.5 Å². The van der Waals surface area contributed by atoms with Crippen LogP contribution in [-0.4, -0.2) is 42.1 Å². The van der Waals surface area contributed by atoms with Crippen molar-refractivity contribution in [1.29, 1.82) is 0 Å². The molecule has 0 radical (unpaired) electrons. The maximum Gasteiger partial charge on any atom is 0.180 e. The van der Waals surface area contributed by atoms with Crippen LogP contribution in [0.2, 0.25) is 0 Å². The van der Waals surface area contributed by atoms with Crippen molar-refractivity contribution in [3.63, 3.8) is 0 Å². The van der Waals surface area contributed by atoms with Gasteiger partial charge in [0.05, 0.1) is 20.8 Å². The lowest BCUT2D eigenvalue weighted by Crippen LogP contribution is -2.50. The van der Waals surface area contributed by atoms with Gasteiger partial charge in [0.2, 0.25) is 0 Å². The molecule has 5 rings (SSSR count). The number of nitrogens with zero attached hydrogens (tertiary/aromatic N) is 3. The van der Waals surface area contributed by atoms with E-state index >= 15 is 0 Å². The Morgan fingerprint density at radius 3 is 2.66 bits per heavy atom. The average Bonchev–Trinajstić information content (AvgIpc) is 2.72. The van der Waals surface area contributed by atoms with Gasteiger partial charge in [-0.15, -0.1) is 11.3 Å². The molecule has 0 aromatic heterocycles. The smallest absolute Gasteiger partial charge is 0.180 e. The van der Waals surface area contributed by atoms with Crippen molar-refractivity contribution in [3.8, 4) is 10.6 Å². The molecule has 0 N–H and O–H groups in total. The Hall–Kier alpha value is -1.98. The second-order valence-corrected chi connectivity index (χ2v) is 10.2. The zero-order chi connectivity index (χ0) is 20.0. The lowest BCUT2D eigenvalue weighted by Gasteiger charge is -2.49. The van der Waals surface area contributed by atoms with Crippen LogP contribution in [0.5, 0.6) is 0 Å². The van der Waals surface area contributed by atoms with Gasteiger partial charge in [0.15, 0.2) is 5.43 Å². The number of piperidine rings is 2. The number of aromatic nitrogens is 1. The van der Waals surface area contributed by atoms with Gasteiger partial charge in [-0.25, -0.2) is 4.98 Å². The van der Waals surface area contributed by atoms with E-state index in [4.69, 9.17) is 4.98 Å². The van der Waals surface area contributed by atoms with E-state index in [9.17, 15) is 4.79 Å². The highest BCUT2D eigenvalue weighted by molar-refractivity contribution is 7.21. The van der Waals surface area contributed by atoms with Crippen LogP contribution in [0.15, 0.2) is 41.2 Å². The summed E-state index contributed by atoms with van der Waals surface area (Å²) in [5, 5.41) is 0. The van der Waals surface area contributed by atoms with Crippen LogP contribution in [0.3, 0.4) is 0 Å². The quantitative estimate of drug-likeness (QED) is 0.569. The number of fused-ring (bicyclic) bond motifs is 2. The minimum atomic E-state index is 0.0526. The van der Waals surface area contributed by atoms with Gasteiger partial charge in [0, 0.05) is 30.9 Å². The first kappa shape index (κ1) is 19.0. The fraction of sp³-hybridized carbons (Fsp3) is 0.500. The SMILES string of the molecule is CC(C)N1CCC2(CCCN(c3ccc4nc5ccc(=O)cc-5sc4c3)C2)CC1. The topological polar surface area (TPSA) is 36.4 Å². The summed E-state index contributed by atoms with van der Waals surface area (Å²) in [6, 6.07) is 12.5. The first-order valence-corrected chi connectivity index (χ1v) is 11.7. The van der Waals surface area contributed by atoms with Crippen LogP contribution in [-0.2, 0) is 0 Å². The van der Waals surface area contributed by atoms with E-state index < -0.39 is 0 Å². The molecule has 0 bridgehead atoms. The van der Waals surface area contributed by atoms with E-state index in [1.807, 2.05) is 6.07 Å². The molecule has 1 aromatic carbocycles. The third-order valence-corrected chi connectivity index (χ3v) is 8.04. The van der Waals surface area contributed by atoms with Gasteiger partial charge in [-0.2, -0.15) is 0 Å². The molecule has 0 atom stereocenters. The average molecular weight is 408 g/mol. The van der Waals surface area contributed by atoms with Crippen LogP contribution < -0.4 is 10.3 Å². The summed E-state index contributed by atoms with van der Waals surface area (Å²) >= 11 is 1.68. The van der Waals surface area contributed by atoms with Crippen LogP contribution >= 0.6 is 11.3 Å². The van der Waals surface area contributed by atoms with E-state index in [1.165, 1.54) is 51.0 Å². The van der Waals surface area contributed by atoms with E-state index in [1.54, 1.807) is 23.5 Å². The van der Waals surface area contributed by atoms with E-state index in [2.05, 4.69) is 41.8 Å². The molecule has 29 heavy (non-hydrogen) atoms. The Morgan fingerprint density at radius 1 is 1.03 bits per heavy atom. The summed E-state index contributed by atoms with van der Waals surface area (Å²) in [4.78, 5) is 22.7. The molecular formula is C24H29N3OS. The second-order valence-electron chi connectivity index (χ2n) is 9.15. The highest BCUT2D eigenvalue weighted by atomic mass is 32.1. The molecule has 1 aliphatic carbocycles. The summed E-state index contributed by atoms with van der Waals surface area (Å²) < 4.78 is 1.16. The first-order chi connectivity index (χ1) is 14.0. The molecule has 0 amide bonds. The summed E-state index contributed by atoms with van der Waals surface area (Å²) in [6.07, 6.45) is 5.27. The molecule has 3 aliphatic heterocycles. The minimum absolute atomic E-state index is 0.0526. The van der Waals surface area contributed by atoms with Gasteiger partial charge >= 0.3 is 0 Å². The van der Waals surface area contributed by atoms with Gasteiger partial charge in [-0.3, -0.25) is 4.79 Å². The zero-order valence-corrected chi connectivity index (χ0v) is 18.2. The lowest BCUT2D eigenvalue weighted by atomic mass is 9.72. The van der Waals surface area contributed by atoms with Crippen molar-refractivity contribution in [2.45, 2.75) is 45.6 Å². The number of likely N-dealkylation sites (tertiary alicyclic amines) is 1. The number of hydrogen-bond donors (Lipinski definition) is 0. The van der Waals surface area contributed by atoms with Crippen LogP contribution in [0.25, 0.3) is 20.8 Å². The molecule has 1 aromatic rings. The zero-order valence-electron chi connectivity index (χ0n) is 17.4. The van der Waals surface area contributed by atoms with Gasteiger partial charge < -0.3 is 9.80 Å². The largest absolute Gasteiger partial charge is 0.371 e. The third-order valence-electron chi connectivity index (χ3n) is 6.95. The molecule has 0 saturated carbocycles. The number of hydrogen-bond acceptors (Lipinski definition) is 5. The first-order valence-electron chi connectivity index (χ1n) is 10.9. The summed E-state index contributed by atoms with van der Waals surface area (Å²) in [5.41, 5.74) is 3.75. The molecule has 2 saturated heterocycles. The number of benzene rings is 2. The van der Waals surface area contributed by atoms with Gasteiger partial charge in [0.25, 0.3) is 0 Å². The van der Waals surface area contributed by atoms with Crippen molar-refractivity contribution < 1.29 is 0 Å². The molecule has 0 unspecified atom stereocenters. The molecule has 4 nitrogen and oxygen atoms in total. The lowest BCUT2D eigenvalue weighted by molar-refractivity contribution is 0.0703. The van der Waals surface area contributed by atoms with Crippen molar-refractivity contribution in [2.24, 2.45) is 5.41 Å². The second kappa shape index (κ2) is 7.37. The van der Waals surface area contributed by atoms with Gasteiger partial charge in [-0.05, 0) is 88.4 Å². The fourth-order valence-corrected chi connectivity index (χ4v) is 6.17. The fourth-order valence-electron chi connectivity index (χ4n) is 5.14. The third kappa shape index (κ3) is 3.66. The van der Waals surface area contributed by atoms with Crippen molar-refractivity contribution >= 4 is 27.2 Å². The molecule has 3 heterocycles. The summed E-state index contributed by atoms with van der Waals surface area (Å²) in [7, 11) is 0. The van der Waals surface area contributed by atoms with Crippen LogP contribution in [0, 0.1) is 5.41 Å². The maximum absolute atomic E-state index is 11.7. The number of rotatable bonds is 2. The van der Waals surface area contributed by atoms with Gasteiger partial charge in [0.1, 0.15) is 0 Å². The van der Waals surface area contributed by atoms with E-state index in [-0.39, 0.29) is 5.43 Å². The standard InChI is InChI=1S/C24H29N3OS/c1-17(2)26-12-9-24(10-13-26)8-3-11-27(16-24)18-4-6-20-22(14-18)29-23-15-19(28)5-7-21(23)25-20/h4-7,14-15,17H,3,8-13,16H2,1-2H3. The van der Waals surface area contributed by atoms with E-state index in [0.29, 0.717) is 11.5 Å². The normalized spacial score (nSPS) is 20.2. The minimum Gasteiger partial charge on any atom is -0.371 e. The van der Waals surface area contributed by atoms with Crippen molar-refractivity contribution in [1.82, 2.24) is 9.88 Å². The summed E-state index contributed by atoms with van der Waals surface area (Å²) in [6.45, 7) is 9.40. The highest BCUT2D eigenvalue weighted by Gasteiger charge is 2.38. The predicted octanol–water partition coefficient (Wildman–Crippen LogP) is 4.85. The van der Waals surface area contributed by atoms with Crippen molar-refractivity contribution in [2.75, 3.05) is 31.1 Å². The van der Waals surface area contributed by atoms with Crippen molar-refractivity contribution in [3.05, 3.63) is 46.6 Å². The molecule has 2 fully saturated rings. The predicted molar refractivity (Wildman–Crippen MR) is 122 cm³/mol. The highest BCUT2D eigenvalue weighted by Crippen LogP contribution is 2.42. The van der Waals surface area contributed by atoms with Crippen LogP contribution in [0.4, 0.5) is 5.69 Å². The van der Waals surface area contributed by atoms with Gasteiger partial charge in [-0.1, -0.05) is 0 Å². The summed E-state index contributed by atoms with van der Waals surface area (Å²) in [5.74, 6) is 0. The molecule has 1 spiro atoms. The Bertz CT molecular complexity index is 1050. The molecule has 4 aliphatic rings. The Balaban J connectivity index is 1.42. The maximum atomic E-state index is 11.7. The molecule has 5 heteroatoms. The Kier molecular flexibility index (Phi) is 4.83. The monoisotopic (exact) mass is 407 g/mol. The molecule has 152 valence electrons. The number of anilines is 1.